The van der Waals surface area contributed by atoms with E-state index in [2.05, 4.69) is 10.1 Å². The standard InChI is InChI=1S/C19H17FN2O3S/c20-14-7-2-1-6-13(14)19(9-3-4-10-19)18(23)24-12-16-21-17(22-25-16)15-8-5-11-26-15/h1-2,5-8,11H,3-4,9-10,12H2. The minimum Gasteiger partial charge on any atom is -0.455 e. The molecule has 0 unspecified atom stereocenters. The number of hydrogen-bond acceptors (Lipinski definition) is 6. The number of hydrogen-bond donors (Lipinski definition) is 0. The van der Waals surface area contributed by atoms with E-state index in [-0.39, 0.29) is 18.3 Å². The summed E-state index contributed by atoms with van der Waals surface area (Å²) >= 11 is 1.50. The molecule has 4 rings (SSSR count). The minimum atomic E-state index is -0.929. The van der Waals surface area contributed by atoms with Crippen molar-refractivity contribution in [1.29, 1.82) is 0 Å². The minimum absolute atomic E-state index is 0.118. The van der Waals surface area contributed by atoms with Gasteiger partial charge in [-0.05, 0) is 30.4 Å². The smallest absolute Gasteiger partial charge is 0.317 e. The zero-order chi connectivity index (χ0) is 18.0. The molecule has 0 bridgehead atoms. The molecule has 5 nitrogen and oxygen atoms in total. The van der Waals surface area contributed by atoms with Gasteiger partial charge in [-0.1, -0.05) is 42.3 Å². The third-order valence-electron chi connectivity index (χ3n) is 4.77. The van der Waals surface area contributed by atoms with Gasteiger partial charge in [0.15, 0.2) is 6.61 Å². The van der Waals surface area contributed by atoms with Gasteiger partial charge in [-0.3, -0.25) is 4.79 Å². The van der Waals surface area contributed by atoms with Crippen LogP contribution in [0.5, 0.6) is 0 Å². The van der Waals surface area contributed by atoms with Crippen molar-refractivity contribution in [2.75, 3.05) is 0 Å². The van der Waals surface area contributed by atoms with Crippen LogP contribution in [0.15, 0.2) is 46.3 Å². The summed E-state index contributed by atoms with van der Waals surface area (Å²) < 4.78 is 24.9. The normalized spacial score (nSPS) is 15.9. The molecule has 2 aromatic heterocycles. The lowest BCUT2D eigenvalue weighted by Gasteiger charge is -2.27. The highest BCUT2D eigenvalue weighted by molar-refractivity contribution is 7.13. The molecule has 1 aliphatic rings. The van der Waals surface area contributed by atoms with Crippen molar-refractivity contribution in [2.45, 2.75) is 37.7 Å². The monoisotopic (exact) mass is 372 g/mol. The number of halogens is 1. The van der Waals surface area contributed by atoms with Crippen LogP contribution < -0.4 is 0 Å². The van der Waals surface area contributed by atoms with Gasteiger partial charge >= 0.3 is 5.97 Å². The highest BCUT2D eigenvalue weighted by Crippen LogP contribution is 2.43. The van der Waals surface area contributed by atoms with E-state index in [1.807, 2.05) is 17.5 Å². The fraction of sp³-hybridized carbons (Fsp3) is 0.316. The maximum absolute atomic E-state index is 14.3. The zero-order valence-corrected chi connectivity index (χ0v) is 14.8. The van der Waals surface area contributed by atoms with E-state index in [9.17, 15) is 9.18 Å². The van der Waals surface area contributed by atoms with E-state index in [0.717, 1.165) is 17.7 Å². The van der Waals surface area contributed by atoms with Crippen molar-refractivity contribution in [2.24, 2.45) is 0 Å². The van der Waals surface area contributed by atoms with Crippen LogP contribution in [0.1, 0.15) is 37.1 Å². The predicted octanol–water partition coefficient (Wildman–Crippen LogP) is 4.49. The lowest BCUT2D eigenvalue weighted by molar-refractivity contribution is -0.152. The van der Waals surface area contributed by atoms with Crippen molar-refractivity contribution in [1.82, 2.24) is 10.1 Å². The molecule has 3 aromatic rings. The van der Waals surface area contributed by atoms with Gasteiger partial charge < -0.3 is 9.26 Å². The average Bonchev–Trinajstić information content (AvgIpc) is 3.41. The Kier molecular flexibility index (Phi) is 4.55. The van der Waals surface area contributed by atoms with Crippen LogP contribution in [0.25, 0.3) is 10.7 Å². The molecular formula is C19H17FN2O3S. The van der Waals surface area contributed by atoms with Gasteiger partial charge in [0.1, 0.15) is 5.82 Å². The maximum atomic E-state index is 14.3. The molecule has 1 aromatic carbocycles. The van der Waals surface area contributed by atoms with Crippen LogP contribution in [-0.2, 0) is 21.6 Å². The number of ether oxygens (including phenoxy) is 1. The van der Waals surface area contributed by atoms with E-state index in [1.54, 1.807) is 18.2 Å². The number of carbonyl (C=O) groups excluding carboxylic acids is 1. The van der Waals surface area contributed by atoms with E-state index in [4.69, 9.17) is 9.26 Å². The number of benzene rings is 1. The number of nitrogens with zero attached hydrogens (tertiary/aromatic N) is 2. The molecule has 7 heteroatoms. The summed E-state index contributed by atoms with van der Waals surface area (Å²) in [7, 11) is 0. The molecule has 0 N–H and O–H groups in total. The van der Waals surface area contributed by atoms with Gasteiger partial charge in [0, 0.05) is 5.56 Å². The van der Waals surface area contributed by atoms with Crippen LogP contribution in [0, 0.1) is 5.82 Å². The highest BCUT2D eigenvalue weighted by Gasteiger charge is 2.45. The second kappa shape index (κ2) is 6.99. The Morgan fingerprint density at radius 1 is 1.23 bits per heavy atom. The van der Waals surface area contributed by atoms with Crippen molar-refractivity contribution in [3.8, 4) is 10.7 Å². The van der Waals surface area contributed by atoms with Crippen molar-refractivity contribution in [3.05, 3.63) is 59.0 Å². The van der Waals surface area contributed by atoms with Crippen molar-refractivity contribution in [3.63, 3.8) is 0 Å². The van der Waals surface area contributed by atoms with E-state index in [0.29, 0.717) is 24.2 Å². The largest absolute Gasteiger partial charge is 0.455 e. The topological polar surface area (TPSA) is 65.2 Å². The number of carbonyl (C=O) groups is 1. The molecule has 1 saturated carbocycles. The molecule has 0 radical (unpaired) electrons. The lowest BCUT2D eigenvalue weighted by Crippen LogP contribution is -2.35. The van der Waals surface area contributed by atoms with Gasteiger partial charge in [-0.2, -0.15) is 4.98 Å². The lowest BCUT2D eigenvalue weighted by atomic mass is 9.78. The first kappa shape index (κ1) is 16.9. The summed E-state index contributed by atoms with van der Waals surface area (Å²) in [6.07, 6.45) is 2.90. The van der Waals surface area contributed by atoms with Crippen LogP contribution in [-0.4, -0.2) is 16.1 Å². The molecule has 0 amide bonds. The highest BCUT2D eigenvalue weighted by atomic mass is 32.1. The number of esters is 1. The van der Waals surface area contributed by atoms with Gasteiger partial charge in [0.2, 0.25) is 5.82 Å². The molecule has 26 heavy (non-hydrogen) atoms. The first-order valence-corrected chi connectivity index (χ1v) is 9.36. The summed E-state index contributed by atoms with van der Waals surface area (Å²) in [5, 5.41) is 5.82. The Hall–Kier alpha value is -2.54. The Bertz CT molecular complexity index is 901. The van der Waals surface area contributed by atoms with Crippen LogP contribution in [0.2, 0.25) is 0 Å². The van der Waals surface area contributed by atoms with Crippen LogP contribution in [0.4, 0.5) is 4.39 Å². The van der Waals surface area contributed by atoms with Crippen LogP contribution >= 0.6 is 11.3 Å². The van der Waals surface area contributed by atoms with Crippen molar-refractivity contribution < 1.29 is 18.4 Å². The van der Waals surface area contributed by atoms with E-state index < -0.39 is 11.4 Å². The predicted molar refractivity (Wildman–Crippen MR) is 94.0 cm³/mol. The SMILES string of the molecule is O=C(OCc1nc(-c2cccs2)no1)C1(c2ccccc2F)CCCC1. The molecule has 0 spiro atoms. The first-order chi connectivity index (χ1) is 12.7. The summed E-state index contributed by atoms with van der Waals surface area (Å²) in [5.41, 5.74) is -0.519. The second-order valence-corrected chi connectivity index (χ2v) is 7.28. The average molecular weight is 372 g/mol. The molecule has 1 fully saturated rings. The summed E-state index contributed by atoms with van der Waals surface area (Å²) in [4.78, 5) is 18.0. The Labute approximate surface area is 153 Å². The first-order valence-electron chi connectivity index (χ1n) is 8.48. The molecule has 1 aliphatic carbocycles. The quantitative estimate of drug-likeness (QED) is 0.617. The Morgan fingerprint density at radius 3 is 2.77 bits per heavy atom. The Balaban J connectivity index is 1.51. The second-order valence-electron chi connectivity index (χ2n) is 6.33. The van der Waals surface area contributed by atoms with E-state index >= 15 is 0 Å². The third-order valence-corrected chi connectivity index (χ3v) is 5.64. The molecule has 134 valence electrons. The zero-order valence-electron chi connectivity index (χ0n) is 14.0. The summed E-state index contributed by atoms with van der Waals surface area (Å²) in [5.74, 6) is -0.112. The molecular weight excluding hydrogens is 355 g/mol. The number of aromatic nitrogens is 2. The summed E-state index contributed by atoms with van der Waals surface area (Å²) in [6, 6.07) is 10.2. The fourth-order valence-corrected chi connectivity index (χ4v) is 4.15. The van der Waals surface area contributed by atoms with Crippen LogP contribution in [0.3, 0.4) is 0 Å². The third kappa shape index (κ3) is 3.03. The molecule has 0 saturated heterocycles. The van der Waals surface area contributed by atoms with Gasteiger partial charge in [0.05, 0.1) is 10.3 Å². The molecule has 0 atom stereocenters. The Morgan fingerprint density at radius 2 is 2.04 bits per heavy atom. The molecule has 0 aliphatic heterocycles. The van der Waals surface area contributed by atoms with E-state index in [1.165, 1.54) is 17.4 Å². The number of rotatable bonds is 5. The maximum Gasteiger partial charge on any atom is 0.317 e. The van der Waals surface area contributed by atoms with Gasteiger partial charge in [-0.25, -0.2) is 4.39 Å². The van der Waals surface area contributed by atoms with Crippen molar-refractivity contribution >= 4 is 17.3 Å². The summed E-state index contributed by atoms with van der Waals surface area (Å²) in [6.45, 7) is -0.118. The fourth-order valence-electron chi connectivity index (χ4n) is 3.50. The van der Waals surface area contributed by atoms with Gasteiger partial charge in [-0.15, -0.1) is 11.3 Å². The molecule has 2 heterocycles. The number of thiophene rings is 1. The van der Waals surface area contributed by atoms with Gasteiger partial charge in [0.25, 0.3) is 5.89 Å².